The number of anilines is 2. The lowest BCUT2D eigenvalue weighted by molar-refractivity contribution is -0.137. The third-order valence-electron chi connectivity index (χ3n) is 4.18. The van der Waals surface area contributed by atoms with Gasteiger partial charge in [0.25, 0.3) is 5.91 Å². The van der Waals surface area contributed by atoms with Gasteiger partial charge in [0.15, 0.2) is 11.5 Å². The van der Waals surface area contributed by atoms with Gasteiger partial charge < -0.3 is 15.1 Å². The minimum atomic E-state index is -4.41. The minimum absolute atomic E-state index is 0.0998. The third kappa shape index (κ3) is 4.29. The monoisotopic (exact) mass is 365 g/mol. The van der Waals surface area contributed by atoms with Crippen LogP contribution < -0.4 is 10.2 Å². The van der Waals surface area contributed by atoms with Crippen molar-refractivity contribution >= 4 is 17.4 Å². The molecule has 26 heavy (non-hydrogen) atoms. The molecule has 0 radical (unpaired) electrons. The fraction of sp³-hybridized carbons (Fsp3) is 0.353. The van der Waals surface area contributed by atoms with Crippen molar-refractivity contribution in [2.45, 2.75) is 6.18 Å². The van der Waals surface area contributed by atoms with E-state index in [1.807, 2.05) is 0 Å². The highest BCUT2D eigenvalue weighted by Crippen LogP contribution is 2.29. The summed E-state index contributed by atoms with van der Waals surface area (Å²) in [5, 5.41) is 10.5. The smallest absolute Gasteiger partial charge is 0.353 e. The van der Waals surface area contributed by atoms with E-state index in [1.165, 1.54) is 12.1 Å². The van der Waals surface area contributed by atoms with E-state index in [-0.39, 0.29) is 11.4 Å². The number of amides is 1. The maximum atomic E-state index is 12.5. The van der Waals surface area contributed by atoms with Crippen molar-refractivity contribution < 1.29 is 18.0 Å². The van der Waals surface area contributed by atoms with Crippen LogP contribution in [0.1, 0.15) is 16.1 Å². The Hall–Kier alpha value is -2.68. The van der Waals surface area contributed by atoms with Crippen LogP contribution >= 0.6 is 0 Å². The molecule has 0 spiro atoms. The Morgan fingerprint density at radius 1 is 1.00 bits per heavy atom. The van der Waals surface area contributed by atoms with Gasteiger partial charge in [-0.05, 0) is 43.4 Å². The highest BCUT2D eigenvalue weighted by molar-refractivity contribution is 6.02. The van der Waals surface area contributed by atoms with Crippen molar-refractivity contribution in [2.75, 3.05) is 43.4 Å². The number of nitrogens with one attached hydrogen (secondary N) is 1. The van der Waals surface area contributed by atoms with Crippen molar-refractivity contribution in [3.8, 4) is 0 Å². The molecule has 138 valence electrons. The quantitative estimate of drug-likeness (QED) is 0.906. The van der Waals surface area contributed by atoms with Crippen LogP contribution in [0.2, 0.25) is 0 Å². The first-order valence-corrected chi connectivity index (χ1v) is 8.09. The molecule has 2 aromatic rings. The normalized spacial score (nSPS) is 15.8. The van der Waals surface area contributed by atoms with Crippen LogP contribution in [-0.4, -0.2) is 54.2 Å². The highest BCUT2D eigenvalue weighted by atomic mass is 19.4. The van der Waals surface area contributed by atoms with E-state index in [4.69, 9.17) is 0 Å². The number of piperazine rings is 1. The second-order valence-electron chi connectivity index (χ2n) is 6.10. The Labute approximate surface area is 148 Å². The summed E-state index contributed by atoms with van der Waals surface area (Å²) in [6.45, 7) is 3.53. The first-order valence-electron chi connectivity index (χ1n) is 8.09. The van der Waals surface area contributed by atoms with Crippen molar-refractivity contribution in [3.63, 3.8) is 0 Å². The minimum Gasteiger partial charge on any atom is -0.353 e. The molecule has 3 rings (SSSR count). The van der Waals surface area contributed by atoms with Gasteiger partial charge >= 0.3 is 6.18 Å². The van der Waals surface area contributed by atoms with Gasteiger partial charge in [-0.2, -0.15) is 13.2 Å². The van der Waals surface area contributed by atoms with Crippen LogP contribution in [-0.2, 0) is 6.18 Å². The summed E-state index contributed by atoms with van der Waals surface area (Å²) < 4.78 is 37.6. The molecule has 0 bridgehead atoms. The Bertz CT molecular complexity index is 753. The Morgan fingerprint density at radius 2 is 1.65 bits per heavy atom. The summed E-state index contributed by atoms with van der Waals surface area (Å²) in [5.41, 5.74) is -0.414. The highest BCUT2D eigenvalue weighted by Gasteiger charge is 2.30. The van der Waals surface area contributed by atoms with Gasteiger partial charge in [0.05, 0.1) is 5.56 Å². The molecular weight excluding hydrogens is 347 g/mol. The number of alkyl halides is 3. The number of aromatic nitrogens is 2. The van der Waals surface area contributed by atoms with Gasteiger partial charge in [0.1, 0.15) is 0 Å². The van der Waals surface area contributed by atoms with Gasteiger partial charge in [0, 0.05) is 31.9 Å². The van der Waals surface area contributed by atoms with E-state index in [0.29, 0.717) is 5.82 Å². The lowest BCUT2D eigenvalue weighted by atomic mass is 10.2. The first kappa shape index (κ1) is 18.1. The van der Waals surface area contributed by atoms with Crippen molar-refractivity contribution in [2.24, 2.45) is 0 Å². The van der Waals surface area contributed by atoms with Crippen LogP contribution in [0, 0.1) is 0 Å². The zero-order valence-electron chi connectivity index (χ0n) is 14.1. The van der Waals surface area contributed by atoms with Gasteiger partial charge in [-0.25, -0.2) is 0 Å². The van der Waals surface area contributed by atoms with Crippen LogP contribution in [0.5, 0.6) is 0 Å². The van der Waals surface area contributed by atoms with Crippen LogP contribution in [0.4, 0.5) is 24.7 Å². The number of halogens is 3. The van der Waals surface area contributed by atoms with E-state index in [9.17, 15) is 18.0 Å². The summed E-state index contributed by atoms with van der Waals surface area (Å²) in [5.74, 6) is 0.173. The zero-order valence-corrected chi connectivity index (χ0v) is 14.1. The average molecular weight is 365 g/mol. The average Bonchev–Trinajstić information content (AvgIpc) is 2.62. The number of likely N-dealkylation sites (N-methyl/N-ethyl adjacent to an activating group) is 1. The lowest BCUT2D eigenvalue weighted by Crippen LogP contribution is -2.44. The molecule has 1 aliphatic heterocycles. The molecule has 0 unspecified atom stereocenters. The van der Waals surface area contributed by atoms with Gasteiger partial charge in [-0.3, -0.25) is 4.79 Å². The van der Waals surface area contributed by atoms with E-state index in [1.54, 1.807) is 12.1 Å². The topological polar surface area (TPSA) is 61.4 Å². The van der Waals surface area contributed by atoms with E-state index in [0.717, 1.165) is 38.3 Å². The van der Waals surface area contributed by atoms with Gasteiger partial charge in [-0.15, -0.1) is 10.2 Å². The van der Waals surface area contributed by atoms with Crippen molar-refractivity contribution in [3.05, 3.63) is 47.7 Å². The molecular formula is C17H18F3N5O. The van der Waals surface area contributed by atoms with Crippen LogP contribution in [0.3, 0.4) is 0 Å². The second kappa shape index (κ2) is 7.28. The molecule has 0 atom stereocenters. The van der Waals surface area contributed by atoms with Crippen molar-refractivity contribution in [1.82, 2.24) is 15.1 Å². The standard InChI is InChI=1S/C17H18F3N5O/c1-24-8-10-25(11-9-24)15-7-6-14(22-23-15)16(26)21-13-4-2-12(3-5-13)17(18,19)20/h2-7H,8-11H2,1H3,(H,21,26). The lowest BCUT2D eigenvalue weighted by Gasteiger charge is -2.32. The third-order valence-corrected chi connectivity index (χ3v) is 4.18. The summed E-state index contributed by atoms with van der Waals surface area (Å²) in [7, 11) is 2.05. The molecule has 6 nitrogen and oxygen atoms in total. The number of benzene rings is 1. The number of hydrogen-bond acceptors (Lipinski definition) is 5. The maximum absolute atomic E-state index is 12.5. The van der Waals surface area contributed by atoms with Crippen LogP contribution in [0.15, 0.2) is 36.4 Å². The molecule has 1 saturated heterocycles. The number of carbonyl (C=O) groups excluding carboxylic acids is 1. The maximum Gasteiger partial charge on any atom is 0.416 e. The van der Waals surface area contributed by atoms with Crippen LogP contribution in [0.25, 0.3) is 0 Å². The molecule has 1 N–H and O–H groups in total. The van der Waals surface area contributed by atoms with E-state index < -0.39 is 17.6 Å². The zero-order chi connectivity index (χ0) is 18.7. The number of nitrogens with zero attached hydrogens (tertiary/aromatic N) is 4. The Balaban J connectivity index is 1.63. The predicted molar refractivity (Wildman–Crippen MR) is 91.1 cm³/mol. The van der Waals surface area contributed by atoms with Gasteiger partial charge in [-0.1, -0.05) is 0 Å². The molecule has 1 amide bonds. The SMILES string of the molecule is CN1CCN(c2ccc(C(=O)Nc3ccc(C(F)(F)F)cc3)nn2)CC1. The number of carbonyl (C=O) groups is 1. The molecule has 9 heteroatoms. The summed E-state index contributed by atoms with van der Waals surface area (Å²) >= 11 is 0. The number of rotatable bonds is 3. The number of hydrogen-bond donors (Lipinski definition) is 1. The molecule has 2 heterocycles. The summed E-state index contributed by atoms with van der Waals surface area (Å²) in [4.78, 5) is 16.5. The van der Waals surface area contributed by atoms with E-state index in [2.05, 4.69) is 32.4 Å². The summed E-state index contributed by atoms with van der Waals surface area (Å²) in [6, 6.07) is 7.51. The molecule has 0 aliphatic carbocycles. The second-order valence-corrected chi connectivity index (χ2v) is 6.10. The molecule has 0 saturated carbocycles. The Kier molecular flexibility index (Phi) is 5.08. The predicted octanol–water partition coefficient (Wildman–Crippen LogP) is 2.50. The van der Waals surface area contributed by atoms with Crippen molar-refractivity contribution in [1.29, 1.82) is 0 Å². The fourth-order valence-corrected chi connectivity index (χ4v) is 2.59. The van der Waals surface area contributed by atoms with Gasteiger partial charge in [0.2, 0.25) is 0 Å². The molecule has 1 aliphatic rings. The fourth-order valence-electron chi connectivity index (χ4n) is 2.59. The molecule has 1 aromatic heterocycles. The Morgan fingerprint density at radius 3 is 2.19 bits per heavy atom. The summed E-state index contributed by atoms with van der Waals surface area (Å²) in [6.07, 6.45) is -4.41. The first-order chi connectivity index (χ1) is 12.3. The largest absolute Gasteiger partial charge is 0.416 e. The van der Waals surface area contributed by atoms with E-state index >= 15 is 0 Å². The molecule has 1 fully saturated rings. The molecule has 1 aromatic carbocycles.